The Balaban J connectivity index is 2.86. The Morgan fingerprint density at radius 1 is 1.25 bits per heavy atom. The smallest absolute Gasteiger partial charge is 0.392 e. The Kier molecular flexibility index (Phi) is 5.06. The van der Waals surface area contributed by atoms with Crippen LogP contribution in [-0.4, -0.2) is 33.0 Å². The lowest BCUT2D eigenvalue weighted by atomic mass is 10.1. The summed E-state index contributed by atoms with van der Waals surface area (Å²) >= 11 is 0. The summed E-state index contributed by atoms with van der Waals surface area (Å²) in [6, 6.07) is 2.72. The Labute approximate surface area is 113 Å². The first-order valence-electron chi connectivity index (χ1n) is 5.54. The minimum atomic E-state index is -4.39. The highest BCUT2D eigenvalue weighted by molar-refractivity contribution is 5.97. The van der Waals surface area contributed by atoms with E-state index in [0.717, 1.165) is 0 Å². The van der Waals surface area contributed by atoms with E-state index in [1.54, 1.807) is 0 Å². The van der Waals surface area contributed by atoms with Gasteiger partial charge in [-0.15, -0.1) is 0 Å². The third-order valence-electron chi connectivity index (χ3n) is 2.41. The number of methoxy groups -OCH3 is 2. The second kappa shape index (κ2) is 6.36. The lowest BCUT2D eigenvalue weighted by Crippen LogP contribution is -2.16. The summed E-state index contributed by atoms with van der Waals surface area (Å²) in [7, 11) is 2.70. The largest absolute Gasteiger partial charge is 0.497 e. The molecule has 0 unspecified atom stereocenters. The third-order valence-corrected chi connectivity index (χ3v) is 2.41. The lowest BCUT2D eigenvalue weighted by Gasteiger charge is -2.12. The first-order chi connectivity index (χ1) is 9.28. The molecule has 0 aliphatic rings. The zero-order valence-corrected chi connectivity index (χ0v) is 10.9. The predicted octanol–water partition coefficient (Wildman–Crippen LogP) is 2.40. The van der Waals surface area contributed by atoms with Crippen LogP contribution in [0.15, 0.2) is 12.1 Å². The molecule has 0 aliphatic heterocycles. The first-order valence-corrected chi connectivity index (χ1v) is 5.54. The standard InChI is InChI=1S/C12H14F3NO4/c1-18-7-5-8(10(16)9(6-7)19-2)11(17)20-4-3-12(13,14)15/h5-6H,3-4,16H2,1-2H3. The summed E-state index contributed by atoms with van der Waals surface area (Å²) in [6.45, 7) is -0.776. The van der Waals surface area contributed by atoms with E-state index in [-0.39, 0.29) is 22.7 Å². The zero-order chi connectivity index (χ0) is 15.3. The van der Waals surface area contributed by atoms with Gasteiger partial charge in [0.25, 0.3) is 0 Å². The Hall–Kier alpha value is -2.12. The van der Waals surface area contributed by atoms with Crippen molar-refractivity contribution in [2.24, 2.45) is 0 Å². The van der Waals surface area contributed by atoms with Crippen LogP contribution < -0.4 is 15.2 Å². The number of carbonyl (C=O) groups is 1. The van der Waals surface area contributed by atoms with Crippen LogP contribution in [0.25, 0.3) is 0 Å². The van der Waals surface area contributed by atoms with Crippen LogP contribution in [0.5, 0.6) is 11.5 Å². The van der Waals surface area contributed by atoms with Crippen molar-refractivity contribution in [3.8, 4) is 11.5 Å². The molecule has 5 nitrogen and oxygen atoms in total. The SMILES string of the molecule is COc1cc(OC)c(N)c(C(=O)OCCC(F)(F)F)c1. The summed E-state index contributed by atoms with van der Waals surface area (Å²) in [4.78, 5) is 11.7. The Bertz CT molecular complexity index is 488. The highest BCUT2D eigenvalue weighted by Gasteiger charge is 2.28. The van der Waals surface area contributed by atoms with Gasteiger partial charge in [0.05, 0.1) is 31.9 Å². The van der Waals surface area contributed by atoms with Crippen molar-refractivity contribution in [3.63, 3.8) is 0 Å². The number of nitrogens with two attached hydrogens (primary N) is 1. The van der Waals surface area contributed by atoms with E-state index < -0.39 is 25.2 Å². The summed E-state index contributed by atoms with van der Waals surface area (Å²) in [5.74, 6) is -0.519. The summed E-state index contributed by atoms with van der Waals surface area (Å²) in [5, 5.41) is 0. The minimum Gasteiger partial charge on any atom is -0.497 e. The average Bonchev–Trinajstić information content (AvgIpc) is 2.37. The second-order valence-corrected chi connectivity index (χ2v) is 3.79. The summed E-state index contributed by atoms with van der Waals surface area (Å²) in [6.07, 6.45) is -5.61. The van der Waals surface area contributed by atoms with Gasteiger partial charge < -0.3 is 19.9 Å². The van der Waals surface area contributed by atoms with E-state index in [1.807, 2.05) is 0 Å². The molecule has 20 heavy (non-hydrogen) atoms. The topological polar surface area (TPSA) is 70.8 Å². The van der Waals surface area contributed by atoms with E-state index in [4.69, 9.17) is 15.2 Å². The molecule has 8 heteroatoms. The fraction of sp³-hybridized carbons (Fsp3) is 0.417. The van der Waals surface area contributed by atoms with Gasteiger partial charge in [-0.3, -0.25) is 0 Å². The van der Waals surface area contributed by atoms with Gasteiger partial charge in [-0.05, 0) is 6.07 Å². The first kappa shape index (κ1) is 15.9. The average molecular weight is 293 g/mol. The van der Waals surface area contributed by atoms with Gasteiger partial charge in [0.2, 0.25) is 0 Å². The molecular formula is C12H14F3NO4. The zero-order valence-electron chi connectivity index (χ0n) is 10.9. The van der Waals surface area contributed by atoms with Crippen molar-refractivity contribution >= 4 is 11.7 Å². The lowest BCUT2D eigenvalue weighted by molar-refractivity contribution is -0.141. The van der Waals surface area contributed by atoms with Crippen LogP contribution in [0, 0.1) is 0 Å². The molecule has 1 rings (SSSR count). The van der Waals surface area contributed by atoms with Crippen molar-refractivity contribution < 1.29 is 32.2 Å². The Morgan fingerprint density at radius 3 is 2.40 bits per heavy atom. The summed E-state index contributed by atoms with van der Waals surface area (Å²) < 4.78 is 50.3. The normalized spacial score (nSPS) is 11.1. The van der Waals surface area contributed by atoms with Crippen LogP contribution in [0.2, 0.25) is 0 Å². The van der Waals surface area contributed by atoms with Crippen molar-refractivity contribution in [1.82, 2.24) is 0 Å². The van der Waals surface area contributed by atoms with Crippen LogP contribution >= 0.6 is 0 Å². The molecule has 0 atom stereocenters. The minimum absolute atomic E-state index is 0.0229. The molecule has 0 aromatic heterocycles. The van der Waals surface area contributed by atoms with Gasteiger partial charge in [-0.1, -0.05) is 0 Å². The molecule has 1 aromatic rings. The number of rotatable bonds is 5. The van der Waals surface area contributed by atoms with Gasteiger partial charge in [0.15, 0.2) is 0 Å². The molecule has 1 aromatic carbocycles. The highest BCUT2D eigenvalue weighted by Crippen LogP contribution is 2.31. The van der Waals surface area contributed by atoms with Crippen LogP contribution in [0.4, 0.5) is 18.9 Å². The number of halogens is 3. The molecule has 0 bridgehead atoms. The van der Waals surface area contributed by atoms with Gasteiger partial charge in [-0.2, -0.15) is 13.2 Å². The number of benzene rings is 1. The van der Waals surface area contributed by atoms with Crippen molar-refractivity contribution in [3.05, 3.63) is 17.7 Å². The highest BCUT2D eigenvalue weighted by atomic mass is 19.4. The van der Waals surface area contributed by atoms with Gasteiger partial charge in [0, 0.05) is 6.07 Å². The van der Waals surface area contributed by atoms with E-state index in [1.165, 1.54) is 26.4 Å². The molecule has 0 heterocycles. The maximum atomic E-state index is 12.0. The molecule has 0 saturated heterocycles. The molecule has 0 aliphatic carbocycles. The maximum absolute atomic E-state index is 12.0. The third kappa shape index (κ3) is 4.22. The van der Waals surface area contributed by atoms with E-state index >= 15 is 0 Å². The van der Waals surface area contributed by atoms with Crippen LogP contribution in [-0.2, 0) is 4.74 Å². The monoisotopic (exact) mass is 293 g/mol. The van der Waals surface area contributed by atoms with Gasteiger partial charge in [-0.25, -0.2) is 4.79 Å². The summed E-state index contributed by atoms with van der Waals surface area (Å²) in [5.41, 5.74) is 5.54. The number of esters is 1. The molecule has 2 N–H and O–H groups in total. The molecule has 0 spiro atoms. The van der Waals surface area contributed by atoms with Crippen molar-refractivity contribution in [1.29, 1.82) is 0 Å². The van der Waals surface area contributed by atoms with E-state index in [0.29, 0.717) is 0 Å². The molecule has 0 radical (unpaired) electrons. The predicted molar refractivity (Wildman–Crippen MR) is 64.9 cm³/mol. The molecule has 0 fully saturated rings. The van der Waals surface area contributed by atoms with E-state index in [2.05, 4.69) is 4.74 Å². The fourth-order valence-electron chi connectivity index (χ4n) is 1.39. The van der Waals surface area contributed by atoms with Gasteiger partial charge >= 0.3 is 12.1 Å². The quantitative estimate of drug-likeness (QED) is 0.666. The van der Waals surface area contributed by atoms with Crippen LogP contribution in [0.3, 0.4) is 0 Å². The molecular weight excluding hydrogens is 279 g/mol. The second-order valence-electron chi connectivity index (χ2n) is 3.79. The number of carbonyl (C=O) groups excluding carboxylic acids is 1. The number of hydrogen-bond acceptors (Lipinski definition) is 5. The molecule has 112 valence electrons. The van der Waals surface area contributed by atoms with Crippen molar-refractivity contribution in [2.75, 3.05) is 26.6 Å². The fourth-order valence-corrected chi connectivity index (χ4v) is 1.39. The number of ether oxygens (including phenoxy) is 3. The molecule has 0 amide bonds. The number of anilines is 1. The Morgan fingerprint density at radius 2 is 1.90 bits per heavy atom. The molecule has 0 saturated carbocycles. The number of nitrogen functional groups attached to an aromatic ring is 1. The van der Waals surface area contributed by atoms with Crippen molar-refractivity contribution in [2.45, 2.75) is 12.6 Å². The number of hydrogen-bond donors (Lipinski definition) is 1. The van der Waals surface area contributed by atoms with Crippen LogP contribution in [0.1, 0.15) is 16.8 Å². The number of alkyl halides is 3. The van der Waals surface area contributed by atoms with E-state index in [9.17, 15) is 18.0 Å². The van der Waals surface area contributed by atoms with Gasteiger partial charge in [0.1, 0.15) is 18.1 Å². The maximum Gasteiger partial charge on any atom is 0.392 e.